The average Bonchev–Trinajstić information content (AvgIpc) is 3.25. The van der Waals surface area contributed by atoms with Crippen LogP contribution < -0.4 is 15.4 Å². The Hall–Kier alpha value is -2.58. The predicted molar refractivity (Wildman–Crippen MR) is 114 cm³/mol. The molecular formula is C21H27N3O4S. The van der Waals surface area contributed by atoms with E-state index in [1.54, 1.807) is 12.1 Å². The largest absolute Gasteiger partial charge is 0.492 e. The summed E-state index contributed by atoms with van der Waals surface area (Å²) in [6, 6.07) is 12.4. The molecule has 2 N–H and O–H groups in total. The Balaban J connectivity index is 1.72. The van der Waals surface area contributed by atoms with E-state index in [1.807, 2.05) is 38.1 Å². The third-order valence-electron chi connectivity index (χ3n) is 4.71. The number of ether oxygens (including phenoxy) is 1. The maximum absolute atomic E-state index is 13.0. The van der Waals surface area contributed by atoms with Gasteiger partial charge in [0.15, 0.2) is 0 Å². The minimum absolute atomic E-state index is 0.0189. The molecule has 0 unspecified atom stereocenters. The van der Waals surface area contributed by atoms with Crippen molar-refractivity contribution in [3.8, 4) is 5.75 Å². The van der Waals surface area contributed by atoms with Crippen LogP contribution in [0.3, 0.4) is 0 Å². The van der Waals surface area contributed by atoms with Gasteiger partial charge in [-0.2, -0.15) is 4.31 Å². The number of hydrogen-bond donors (Lipinski definition) is 2. The molecule has 29 heavy (non-hydrogen) atoms. The van der Waals surface area contributed by atoms with Crippen LogP contribution in [0.1, 0.15) is 25.3 Å². The fourth-order valence-electron chi connectivity index (χ4n) is 3.19. The highest BCUT2D eigenvalue weighted by Crippen LogP contribution is 2.31. The van der Waals surface area contributed by atoms with Crippen molar-refractivity contribution in [2.45, 2.75) is 31.6 Å². The van der Waals surface area contributed by atoms with Crippen LogP contribution in [0.5, 0.6) is 5.75 Å². The monoisotopic (exact) mass is 417 g/mol. The average molecular weight is 418 g/mol. The molecule has 8 heteroatoms. The van der Waals surface area contributed by atoms with Crippen molar-refractivity contribution in [1.29, 1.82) is 0 Å². The summed E-state index contributed by atoms with van der Waals surface area (Å²) >= 11 is 0. The molecule has 2 aromatic carbocycles. The zero-order valence-corrected chi connectivity index (χ0v) is 17.6. The summed E-state index contributed by atoms with van der Waals surface area (Å²) in [5.41, 5.74) is 2.37. The maximum Gasteiger partial charge on any atom is 0.246 e. The van der Waals surface area contributed by atoms with E-state index in [2.05, 4.69) is 10.6 Å². The summed E-state index contributed by atoms with van der Waals surface area (Å²) in [4.78, 5) is 12.3. The van der Waals surface area contributed by atoms with Crippen molar-refractivity contribution in [3.05, 3.63) is 48.0 Å². The number of carbonyl (C=O) groups excluding carboxylic acids is 1. The van der Waals surface area contributed by atoms with E-state index in [1.165, 1.54) is 10.4 Å². The molecule has 1 saturated heterocycles. The lowest BCUT2D eigenvalue weighted by molar-refractivity contribution is -0.114. The van der Waals surface area contributed by atoms with Gasteiger partial charge in [-0.25, -0.2) is 8.42 Å². The molecule has 1 amide bonds. The molecule has 0 bridgehead atoms. The number of benzene rings is 2. The first-order chi connectivity index (χ1) is 13.9. The van der Waals surface area contributed by atoms with Gasteiger partial charge in [0, 0.05) is 24.5 Å². The lowest BCUT2D eigenvalue weighted by Gasteiger charge is -2.19. The quantitative estimate of drug-likeness (QED) is 0.689. The molecule has 0 spiro atoms. The number of rotatable bonds is 8. The SMILES string of the molecule is CCOc1ccc(NCC(=O)Nc2ccc(C)cc2)cc1S(=O)(=O)N1CCCC1. The molecule has 3 rings (SSSR count). The Morgan fingerprint density at radius 3 is 2.38 bits per heavy atom. The van der Waals surface area contributed by atoms with Gasteiger partial charge in [-0.1, -0.05) is 17.7 Å². The van der Waals surface area contributed by atoms with Crippen LogP contribution in [0.15, 0.2) is 47.4 Å². The number of nitrogens with zero attached hydrogens (tertiary/aromatic N) is 1. The first kappa shape index (κ1) is 21.1. The molecular weight excluding hydrogens is 390 g/mol. The first-order valence-electron chi connectivity index (χ1n) is 9.77. The highest BCUT2D eigenvalue weighted by atomic mass is 32.2. The highest BCUT2D eigenvalue weighted by molar-refractivity contribution is 7.89. The number of nitrogens with one attached hydrogen (secondary N) is 2. The molecule has 1 heterocycles. The fourth-order valence-corrected chi connectivity index (χ4v) is 4.86. The molecule has 2 aromatic rings. The number of hydrogen-bond acceptors (Lipinski definition) is 5. The van der Waals surface area contributed by atoms with Crippen molar-refractivity contribution in [2.75, 3.05) is 36.9 Å². The van der Waals surface area contributed by atoms with E-state index < -0.39 is 10.0 Å². The van der Waals surface area contributed by atoms with Gasteiger partial charge >= 0.3 is 0 Å². The Kier molecular flexibility index (Phi) is 6.76. The van der Waals surface area contributed by atoms with E-state index in [9.17, 15) is 13.2 Å². The van der Waals surface area contributed by atoms with Gasteiger partial charge in [0.25, 0.3) is 0 Å². The Morgan fingerprint density at radius 1 is 1.07 bits per heavy atom. The second-order valence-corrected chi connectivity index (χ2v) is 8.88. The Morgan fingerprint density at radius 2 is 1.72 bits per heavy atom. The van der Waals surface area contributed by atoms with E-state index >= 15 is 0 Å². The van der Waals surface area contributed by atoms with Crippen LogP contribution in [0.4, 0.5) is 11.4 Å². The molecule has 156 valence electrons. The second-order valence-electron chi connectivity index (χ2n) is 6.97. The molecule has 0 aromatic heterocycles. The smallest absolute Gasteiger partial charge is 0.246 e. The van der Waals surface area contributed by atoms with Gasteiger partial charge in [-0.05, 0) is 57.0 Å². The van der Waals surface area contributed by atoms with Gasteiger partial charge in [0.2, 0.25) is 15.9 Å². The standard InChI is InChI=1S/C21H27N3O4S/c1-3-28-19-11-10-18(14-20(19)29(26,27)24-12-4-5-13-24)22-15-21(25)23-17-8-6-16(2)7-9-17/h6-11,14,22H,3-5,12-13,15H2,1-2H3,(H,23,25). The summed E-state index contributed by atoms with van der Waals surface area (Å²) in [5, 5.41) is 5.81. The molecule has 0 saturated carbocycles. The lowest BCUT2D eigenvalue weighted by Crippen LogP contribution is -2.28. The van der Waals surface area contributed by atoms with Crippen LogP contribution in [0, 0.1) is 6.92 Å². The molecule has 1 fully saturated rings. The normalized spacial score (nSPS) is 14.6. The van der Waals surface area contributed by atoms with Crippen LogP contribution in [-0.2, 0) is 14.8 Å². The molecule has 0 radical (unpaired) electrons. The zero-order chi connectivity index (χ0) is 20.9. The van der Waals surface area contributed by atoms with Gasteiger partial charge < -0.3 is 15.4 Å². The molecule has 7 nitrogen and oxygen atoms in total. The van der Waals surface area contributed by atoms with Crippen molar-refractivity contribution in [3.63, 3.8) is 0 Å². The Labute approximate surface area is 172 Å². The minimum Gasteiger partial charge on any atom is -0.492 e. The van der Waals surface area contributed by atoms with E-state index in [-0.39, 0.29) is 17.3 Å². The highest BCUT2D eigenvalue weighted by Gasteiger charge is 2.30. The summed E-state index contributed by atoms with van der Waals surface area (Å²) in [6.07, 6.45) is 1.72. The number of anilines is 2. The number of sulfonamides is 1. The van der Waals surface area contributed by atoms with Gasteiger partial charge in [0.05, 0.1) is 13.2 Å². The van der Waals surface area contributed by atoms with Crippen LogP contribution >= 0.6 is 0 Å². The van der Waals surface area contributed by atoms with E-state index in [4.69, 9.17) is 4.74 Å². The molecule has 1 aliphatic rings. The van der Waals surface area contributed by atoms with E-state index in [0.717, 1.165) is 18.4 Å². The first-order valence-corrected chi connectivity index (χ1v) is 11.2. The number of amides is 1. The topological polar surface area (TPSA) is 87.7 Å². The van der Waals surface area contributed by atoms with Crippen LogP contribution in [0.25, 0.3) is 0 Å². The summed E-state index contributed by atoms with van der Waals surface area (Å²) in [6.45, 7) is 5.22. The van der Waals surface area contributed by atoms with Gasteiger partial charge in [0.1, 0.15) is 10.6 Å². The Bertz CT molecular complexity index is 952. The lowest BCUT2D eigenvalue weighted by atomic mass is 10.2. The molecule has 0 aliphatic carbocycles. The van der Waals surface area contributed by atoms with Gasteiger partial charge in [-0.3, -0.25) is 4.79 Å². The molecule has 0 atom stereocenters. The summed E-state index contributed by atoms with van der Waals surface area (Å²) in [5.74, 6) is 0.112. The van der Waals surface area contributed by atoms with Crippen molar-refractivity contribution in [2.24, 2.45) is 0 Å². The van der Waals surface area contributed by atoms with Crippen molar-refractivity contribution >= 4 is 27.3 Å². The van der Waals surface area contributed by atoms with E-state index in [0.29, 0.717) is 36.8 Å². The number of carbonyl (C=O) groups is 1. The third-order valence-corrected chi connectivity index (χ3v) is 6.63. The predicted octanol–water partition coefficient (Wildman–Crippen LogP) is 3.23. The van der Waals surface area contributed by atoms with Crippen molar-refractivity contribution < 1.29 is 17.9 Å². The second kappa shape index (κ2) is 9.28. The zero-order valence-electron chi connectivity index (χ0n) is 16.8. The fraction of sp³-hybridized carbons (Fsp3) is 0.381. The number of aryl methyl sites for hydroxylation is 1. The van der Waals surface area contributed by atoms with Crippen LogP contribution in [-0.4, -0.2) is 44.9 Å². The maximum atomic E-state index is 13.0. The van der Waals surface area contributed by atoms with Crippen LogP contribution in [0.2, 0.25) is 0 Å². The molecule has 1 aliphatic heterocycles. The van der Waals surface area contributed by atoms with Crippen molar-refractivity contribution in [1.82, 2.24) is 4.31 Å². The minimum atomic E-state index is -3.64. The summed E-state index contributed by atoms with van der Waals surface area (Å²) < 4.78 is 33.1. The van der Waals surface area contributed by atoms with Gasteiger partial charge in [-0.15, -0.1) is 0 Å². The summed E-state index contributed by atoms with van der Waals surface area (Å²) in [7, 11) is -3.64. The third kappa shape index (κ3) is 5.27.